The molecule has 0 saturated carbocycles. The van der Waals surface area contributed by atoms with Gasteiger partial charge in [0.05, 0.1) is 10.5 Å². The molecule has 0 radical (unpaired) electrons. The molecule has 1 aromatic carbocycles. The van der Waals surface area contributed by atoms with Gasteiger partial charge in [-0.2, -0.15) is 0 Å². The third-order valence-electron chi connectivity index (χ3n) is 1.94. The summed E-state index contributed by atoms with van der Waals surface area (Å²) in [5, 5.41) is 1.85. The van der Waals surface area contributed by atoms with Crippen molar-refractivity contribution in [3.63, 3.8) is 0 Å². The van der Waals surface area contributed by atoms with Crippen molar-refractivity contribution in [1.82, 2.24) is 4.98 Å². The minimum atomic E-state index is 0.719. The van der Waals surface area contributed by atoms with E-state index in [2.05, 4.69) is 11.9 Å². The molecule has 74 valence electrons. The van der Waals surface area contributed by atoms with Crippen molar-refractivity contribution in [2.75, 3.05) is 0 Å². The largest absolute Gasteiger partial charge is 0.255 e. The van der Waals surface area contributed by atoms with Gasteiger partial charge in [0.25, 0.3) is 0 Å². The molecule has 0 fully saturated rings. The minimum Gasteiger partial charge on any atom is -0.255 e. The van der Waals surface area contributed by atoms with Crippen LogP contribution in [0.4, 0.5) is 0 Å². The number of nitrogens with zero attached hydrogens (tertiary/aromatic N) is 1. The zero-order chi connectivity index (χ0) is 10.6. The van der Waals surface area contributed by atoms with Crippen molar-refractivity contribution in [3.8, 4) is 0 Å². The molecule has 0 N–H and O–H groups in total. The molecule has 1 nitrogen and oxygen atoms in total. The molecule has 0 atom stereocenters. The van der Waals surface area contributed by atoms with Gasteiger partial charge in [-0.3, -0.25) is 4.98 Å². The zero-order valence-corrected chi connectivity index (χ0v) is 9.47. The summed E-state index contributed by atoms with van der Waals surface area (Å²) < 4.78 is 0. The van der Waals surface area contributed by atoms with Gasteiger partial charge in [-0.15, -0.1) is 0 Å². The first kappa shape index (κ1) is 11.0. The first-order valence-corrected chi connectivity index (χ1v) is 5.16. The Labute approximate surface area is 89.7 Å². The van der Waals surface area contributed by atoms with Gasteiger partial charge in [0.2, 0.25) is 0 Å². The lowest BCUT2D eigenvalue weighted by Gasteiger charge is -2.01. The van der Waals surface area contributed by atoms with Crippen LogP contribution in [0.25, 0.3) is 10.9 Å². The lowest BCUT2D eigenvalue weighted by Crippen LogP contribution is -1.81. The van der Waals surface area contributed by atoms with E-state index in [9.17, 15) is 0 Å². The number of benzene rings is 1. The third kappa shape index (κ3) is 2.05. The number of aryl methyl sites for hydroxylation is 1. The third-order valence-corrected chi connectivity index (χ3v) is 2.24. The second-order valence-corrected chi connectivity index (χ2v) is 3.17. The fourth-order valence-corrected chi connectivity index (χ4v) is 1.49. The van der Waals surface area contributed by atoms with Crippen LogP contribution in [0.5, 0.6) is 0 Å². The van der Waals surface area contributed by atoms with Crippen LogP contribution in [0.2, 0.25) is 5.02 Å². The highest BCUT2D eigenvalue weighted by Gasteiger charge is 2.00. The van der Waals surface area contributed by atoms with Crippen LogP contribution in [0, 0.1) is 6.92 Å². The van der Waals surface area contributed by atoms with Gasteiger partial charge in [-0.05, 0) is 24.6 Å². The van der Waals surface area contributed by atoms with E-state index >= 15 is 0 Å². The molecule has 0 saturated heterocycles. The van der Waals surface area contributed by atoms with Crippen LogP contribution in [0.3, 0.4) is 0 Å². The van der Waals surface area contributed by atoms with E-state index in [4.69, 9.17) is 11.6 Å². The zero-order valence-electron chi connectivity index (χ0n) is 8.71. The highest BCUT2D eigenvalue weighted by molar-refractivity contribution is 6.35. The molecular formula is C12H14ClN. The highest BCUT2D eigenvalue weighted by Crippen LogP contribution is 2.23. The van der Waals surface area contributed by atoms with Crippen molar-refractivity contribution in [2.24, 2.45) is 0 Å². The molecule has 2 aromatic rings. The second kappa shape index (κ2) is 4.97. The molecule has 0 unspecified atom stereocenters. The Balaban J connectivity index is 0.000000461. The Morgan fingerprint density at radius 3 is 2.50 bits per heavy atom. The molecule has 1 heterocycles. The molecule has 14 heavy (non-hydrogen) atoms. The quantitative estimate of drug-likeness (QED) is 0.630. The molecule has 1 aromatic heterocycles. The molecular weight excluding hydrogens is 194 g/mol. The van der Waals surface area contributed by atoms with Crippen LogP contribution in [0.15, 0.2) is 30.5 Å². The molecule has 0 bridgehead atoms. The van der Waals surface area contributed by atoms with Gasteiger partial charge in [0, 0.05) is 11.6 Å². The maximum Gasteiger partial charge on any atom is 0.0890 e. The Morgan fingerprint density at radius 2 is 1.86 bits per heavy atom. The van der Waals surface area contributed by atoms with Crippen LogP contribution in [-0.2, 0) is 0 Å². The minimum absolute atomic E-state index is 0.719. The van der Waals surface area contributed by atoms with E-state index < -0.39 is 0 Å². The van der Waals surface area contributed by atoms with Crippen molar-refractivity contribution in [2.45, 2.75) is 20.8 Å². The fourth-order valence-electron chi connectivity index (χ4n) is 1.28. The van der Waals surface area contributed by atoms with Crippen LogP contribution >= 0.6 is 11.6 Å². The van der Waals surface area contributed by atoms with Crippen LogP contribution in [0.1, 0.15) is 19.4 Å². The first-order chi connectivity index (χ1) is 6.79. The Bertz CT molecular complexity index is 383. The monoisotopic (exact) mass is 207 g/mol. The lowest BCUT2D eigenvalue weighted by molar-refractivity contribution is 1.39. The molecule has 0 amide bonds. The van der Waals surface area contributed by atoms with Gasteiger partial charge >= 0.3 is 0 Å². The Kier molecular flexibility index (Phi) is 3.90. The summed E-state index contributed by atoms with van der Waals surface area (Å²) in [6.07, 6.45) is 1.76. The van der Waals surface area contributed by atoms with E-state index in [0.717, 1.165) is 15.9 Å². The molecule has 0 aliphatic rings. The summed E-state index contributed by atoms with van der Waals surface area (Å²) in [5.74, 6) is 0. The summed E-state index contributed by atoms with van der Waals surface area (Å²) in [6.45, 7) is 6.06. The number of hydrogen-bond acceptors (Lipinski definition) is 1. The van der Waals surface area contributed by atoms with Gasteiger partial charge < -0.3 is 0 Å². The fraction of sp³-hybridized carbons (Fsp3) is 0.250. The highest BCUT2D eigenvalue weighted by atomic mass is 35.5. The Morgan fingerprint density at radius 1 is 1.14 bits per heavy atom. The standard InChI is InChI=1S/C10H8ClN.C2H6/c1-7-4-5-9(11)10-8(7)3-2-6-12-10;1-2/h2-6H,1H3;1-2H3. The average Bonchev–Trinajstić information content (AvgIpc) is 2.27. The van der Waals surface area contributed by atoms with Crippen molar-refractivity contribution in [3.05, 3.63) is 41.0 Å². The summed E-state index contributed by atoms with van der Waals surface area (Å²) in [7, 11) is 0. The average molecular weight is 208 g/mol. The van der Waals surface area contributed by atoms with Crippen molar-refractivity contribution in [1.29, 1.82) is 0 Å². The number of aromatic nitrogens is 1. The van der Waals surface area contributed by atoms with E-state index in [1.54, 1.807) is 6.20 Å². The van der Waals surface area contributed by atoms with E-state index in [1.165, 1.54) is 5.56 Å². The van der Waals surface area contributed by atoms with Crippen molar-refractivity contribution >= 4 is 22.5 Å². The van der Waals surface area contributed by atoms with E-state index in [1.807, 2.05) is 38.1 Å². The SMILES string of the molecule is CC.Cc1ccc(Cl)c2ncccc12. The van der Waals surface area contributed by atoms with Crippen LogP contribution < -0.4 is 0 Å². The van der Waals surface area contributed by atoms with Gasteiger partial charge in [0.15, 0.2) is 0 Å². The van der Waals surface area contributed by atoms with Gasteiger partial charge in [-0.25, -0.2) is 0 Å². The number of hydrogen-bond donors (Lipinski definition) is 0. The number of rotatable bonds is 0. The molecule has 2 heteroatoms. The van der Waals surface area contributed by atoms with Crippen LogP contribution in [-0.4, -0.2) is 4.98 Å². The smallest absolute Gasteiger partial charge is 0.0890 e. The summed E-state index contributed by atoms with van der Waals surface area (Å²) in [5.41, 5.74) is 2.10. The van der Waals surface area contributed by atoms with Crippen molar-refractivity contribution < 1.29 is 0 Å². The lowest BCUT2D eigenvalue weighted by atomic mass is 10.1. The maximum atomic E-state index is 5.97. The van der Waals surface area contributed by atoms with Gasteiger partial charge in [-0.1, -0.05) is 37.6 Å². The second-order valence-electron chi connectivity index (χ2n) is 2.76. The molecule has 0 aliphatic heterocycles. The van der Waals surface area contributed by atoms with E-state index in [-0.39, 0.29) is 0 Å². The molecule has 0 spiro atoms. The molecule has 0 aliphatic carbocycles. The normalized spacial score (nSPS) is 9.43. The number of fused-ring (bicyclic) bond motifs is 1. The predicted molar refractivity (Wildman–Crippen MR) is 62.8 cm³/mol. The number of halogens is 1. The van der Waals surface area contributed by atoms with Gasteiger partial charge in [0.1, 0.15) is 0 Å². The maximum absolute atomic E-state index is 5.97. The topological polar surface area (TPSA) is 12.9 Å². The predicted octanol–water partition coefficient (Wildman–Crippen LogP) is 4.22. The summed E-state index contributed by atoms with van der Waals surface area (Å²) in [6, 6.07) is 7.84. The summed E-state index contributed by atoms with van der Waals surface area (Å²) in [4.78, 5) is 4.21. The molecule has 2 rings (SSSR count). The number of pyridine rings is 1. The van der Waals surface area contributed by atoms with E-state index in [0.29, 0.717) is 0 Å². The summed E-state index contributed by atoms with van der Waals surface area (Å²) >= 11 is 5.97. The first-order valence-electron chi connectivity index (χ1n) is 4.79. The Hall–Kier alpha value is -1.08.